The van der Waals surface area contributed by atoms with Gasteiger partial charge in [-0.1, -0.05) is 36.8 Å². The molecule has 4 nitrogen and oxygen atoms in total. The Balaban J connectivity index is 2.16. The summed E-state index contributed by atoms with van der Waals surface area (Å²) in [5, 5.41) is 11.5. The third kappa shape index (κ3) is 6.61. The van der Waals surface area contributed by atoms with Crippen molar-refractivity contribution in [2.75, 3.05) is 12.3 Å². The second kappa shape index (κ2) is 8.64. The molecule has 5 heteroatoms. The molecule has 1 aromatic rings. The summed E-state index contributed by atoms with van der Waals surface area (Å²) in [6.07, 6.45) is 0.462. The van der Waals surface area contributed by atoms with Gasteiger partial charge in [-0.05, 0) is 18.9 Å². The fraction of sp³-hybridized carbons (Fsp3) is 0.467. The van der Waals surface area contributed by atoms with Crippen molar-refractivity contribution in [1.82, 2.24) is 5.32 Å². The van der Waals surface area contributed by atoms with Crippen LogP contribution in [0.3, 0.4) is 0 Å². The SMILES string of the molecule is Cc1cccc(CSCC(=O)NCCC(C)C(=O)O)c1. The van der Waals surface area contributed by atoms with Gasteiger partial charge in [-0.3, -0.25) is 9.59 Å². The highest BCUT2D eigenvalue weighted by molar-refractivity contribution is 7.99. The lowest BCUT2D eigenvalue weighted by atomic mass is 10.1. The molecule has 1 aromatic carbocycles. The lowest BCUT2D eigenvalue weighted by molar-refractivity contribution is -0.141. The summed E-state index contributed by atoms with van der Waals surface area (Å²) in [6.45, 7) is 4.10. The molecule has 1 rings (SSSR count). The number of nitrogens with one attached hydrogen (secondary N) is 1. The van der Waals surface area contributed by atoms with Crippen molar-refractivity contribution in [3.8, 4) is 0 Å². The molecule has 0 aromatic heterocycles. The van der Waals surface area contributed by atoms with Crippen molar-refractivity contribution in [2.24, 2.45) is 5.92 Å². The summed E-state index contributed by atoms with van der Waals surface area (Å²) in [7, 11) is 0. The molecule has 1 unspecified atom stereocenters. The predicted molar refractivity (Wildman–Crippen MR) is 81.8 cm³/mol. The first kappa shape index (κ1) is 16.6. The number of hydrogen-bond donors (Lipinski definition) is 2. The number of benzene rings is 1. The maximum atomic E-state index is 11.6. The number of carboxylic acids is 1. The van der Waals surface area contributed by atoms with Crippen molar-refractivity contribution in [3.05, 3.63) is 35.4 Å². The van der Waals surface area contributed by atoms with Crippen molar-refractivity contribution < 1.29 is 14.7 Å². The number of carbonyl (C=O) groups is 2. The Morgan fingerprint density at radius 3 is 2.80 bits per heavy atom. The Labute approximate surface area is 124 Å². The number of aryl methyl sites for hydroxylation is 1. The first-order chi connectivity index (χ1) is 9.49. The number of thioether (sulfide) groups is 1. The number of carbonyl (C=O) groups excluding carboxylic acids is 1. The van der Waals surface area contributed by atoms with Crippen LogP contribution in [0.5, 0.6) is 0 Å². The van der Waals surface area contributed by atoms with Gasteiger partial charge in [0.1, 0.15) is 0 Å². The molecular weight excluding hydrogens is 274 g/mol. The molecule has 20 heavy (non-hydrogen) atoms. The fourth-order valence-corrected chi connectivity index (χ4v) is 2.47. The van der Waals surface area contributed by atoms with E-state index in [0.717, 1.165) is 5.75 Å². The number of hydrogen-bond acceptors (Lipinski definition) is 3. The van der Waals surface area contributed by atoms with E-state index in [0.29, 0.717) is 18.7 Å². The molecule has 0 aliphatic heterocycles. The van der Waals surface area contributed by atoms with Crippen molar-refractivity contribution >= 4 is 23.6 Å². The van der Waals surface area contributed by atoms with E-state index in [-0.39, 0.29) is 5.91 Å². The fourth-order valence-electron chi connectivity index (χ4n) is 1.67. The van der Waals surface area contributed by atoms with E-state index in [2.05, 4.69) is 11.4 Å². The molecule has 0 bridgehead atoms. The molecule has 0 heterocycles. The van der Waals surface area contributed by atoms with Crippen LogP contribution in [0.4, 0.5) is 0 Å². The van der Waals surface area contributed by atoms with Gasteiger partial charge in [-0.2, -0.15) is 0 Å². The molecule has 0 aliphatic carbocycles. The lowest BCUT2D eigenvalue weighted by Gasteiger charge is -2.08. The number of carboxylic acid groups (broad SMARTS) is 1. The minimum atomic E-state index is -0.826. The second-order valence-corrected chi connectivity index (χ2v) is 5.85. The second-order valence-electron chi connectivity index (χ2n) is 4.86. The molecular formula is C15H21NO3S. The highest BCUT2D eigenvalue weighted by atomic mass is 32.2. The Morgan fingerprint density at radius 1 is 1.40 bits per heavy atom. The van der Waals surface area contributed by atoms with Crippen molar-refractivity contribution in [3.63, 3.8) is 0 Å². The van der Waals surface area contributed by atoms with Crippen LogP contribution in [-0.4, -0.2) is 29.3 Å². The number of amides is 1. The van der Waals surface area contributed by atoms with E-state index in [1.807, 2.05) is 25.1 Å². The molecule has 0 saturated carbocycles. The number of aliphatic carboxylic acids is 1. The monoisotopic (exact) mass is 295 g/mol. The standard InChI is InChI=1S/C15H21NO3S/c1-11-4-3-5-13(8-11)9-20-10-14(17)16-7-6-12(2)15(18)19/h3-5,8,12H,6-7,9-10H2,1-2H3,(H,16,17)(H,18,19). The van der Waals surface area contributed by atoms with Crippen LogP contribution in [0, 0.1) is 12.8 Å². The third-order valence-electron chi connectivity index (χ3n) is 2.91. The third-order valence-corrected chi connectivity index (χ3v) is 3.91. The zero-order valence-corrected chi connectivity index (χ0v) is 12.7. The Bertz CT molecular complexity index is 462. The minimum Gasteiger partial charge on any atom is -0.481 e. The first-order valence-electron chi connectivity index (χ1n) is 6.62. The van der Waals surface area contributed by atoms with Gasteiger partial charge in [0.15, 0.2) is 0 Å². The van der Waals surface area contributed by atoms with Gasteiger partial charge in [-0.25, -0.2) is 0 Å². The molecule has 1 amide bonds. The smallest absolute Gasteiger partial charge is 0.306 e. The molecule has 0 radical (unpaired) electrons. The molecule has 1 atom stereocenters. The summed E-state index contributed by atoms with van der Waals surface area (Å²) in [6, 6.07) is 8.22. The van der Waals surface area contributed by atoms with Gasteiger partial charge in [0.05, 0.1) is 11.7 Å². The highest BCUT2D eigenvalue weighted by Gasteiger charge is 2.10. The topological polar surface area (TPSA) is 66.4 Å². The first-order valence-corrected chi connectivity index (χ1v) is 7.77. The van der Waals surface area contributed by atoms with E-state index in [9.17, 15) is 9.59 Å². The Kier molecular flexibility index (Phi) is 7.15. The summed E-state index contributed by atoms with van der Waals surface area (Å²) >= 11 is 1.56. The summed E-state index contributed by atoms with van der Waals surface area (Å²) in [5.41, 5.74) is 2.43. The van der Waals surface area contributed by atoms with Gasteiger partial charge >= 0.3 is 5.97 Å². The number of rotatable bonds is 8. The molecule has 0 saturated heterocycles. The van der Waals surface area contributed by atoms with Gasteiger partial charge in [0.2, 0.25) is 5.91 Å². The van der Waals surface area contributed by atoms with E-state index >= 15 is 0 Å². The lowest BCUT2D eigenvalue weighted by Crippen LogP contribution is -2.28. The Morgan fingerprint density at radius 2 is 2.15 bits per heavy atom. The van der Waals surface area contributed by atoms with Crippen LogP contribution < -0.4 is 5.32 Å². The van der Waals surface area contributed by atoms with Crippen molar-refractivity contribution in [1.29, 1.82) is 0 Å². The normalized spacial score (nSPS) is 11.9. The molecule has 0 fully saturated rings. The molecule has 2 N–H and O–H groups in total. The summed E-state index contributed by atoms with van der Waals surface area (Å²) < 4.78 is 0. The maximum Gasteiger partial charge on any atom is 0.306 e. The minimum absolute atomic E-state index is 0.0414. The van der Waals surface area contributed by atoms with E-state index < -0.39 is 11.9 Å². The molecule has 110 valence electrons. The van der Waals surface area contributed by atoms with E-state index in [1.54, 1.807) is 18.7 Å². The summed E-state index contributed by atoms with van der Waals surface area (Å²) in [5.74, 6) is -0.0840. The maximum absolute atomic E-state index is 11.6. The largest absolute Gasteiger partial charge is 0.481 e. The zero-order chi connectivity index (χ0) is 15.0. The van der Waals surface area contributed by atoms with Crippen molar-refractivity contribution in [2.45, 2.75) is 26.0 Å². The predicted octanol–water partition coefficient (Wildman–Crippen LogP) is 2.46. The Hall–Kier alpha value is -1.49. The summed E-state index contributed by atoms with van der Waals surface area (Å²) in [4.78, 5) is 22.2. The van der Waals surface area contributed by atoms with Crippen LogP contribution >= 0.6 is 11.8 Å². The van der Waals surface area contributed by atoms with Gasteiger partial charge in [0, 0.05) is 12.3 Å². The van der Waals surface area contributed by atoms with E-state index in [1.165, 1.54) is 11.1 Å². The zero-order valence-electron chi connectivity index (χ0n) is 11.9. The quantitative estimate of drug-likeness (QED) is 0.773. The molecule has 0 spiro atoms. The van der Waals surface area contributed by atoms with E-state index in [4.69, 9.17) is 5.11 Å². The highest BCUT2D eigenvalue weighted by Crippen LogP contribution is 2.13. The van der Waals surface area contributed by atoms with Gasteiger partial charge in [0.25, 0.3) is 0 Å². The van der Waals surface area contributed by atoms with Crippen LogP contribution in [0.2, 0.25) is 0 Å². The average Bonchev–Trinajstić information content (AvgIpc) is 2.38. The van der Waals surface area contributed by atoms with Crippen LogP contribution in [-0.2, 0) is 15.3 Å². The van der Waals surface area contributed by atoms with Gasteiger partial charge < -0.3 is 10.4 Å². The molecule has 0 aliphatic rings. The average molecular weight is 295 g/mol. The van der Waals surface area contributed by atoms with Crippen LogP contribution in [0.15, 0.2) is 24.3 Å². The van der Waals surface area contributed by atoms with Gasteiger partial charge in [-0.15, -0.1) is 11.8 Å². The van der Waals surface area contributed by atoms with Crippen LogP contribution in [0.25, 0.3) is 0 Å². The van der Waals surface area contributed by atoms with Crippen LogP contribution in [0.1, 0.15) is 24.5 Å².